The largest absolute Gasteiger partial charge is 0.352 e. The molecule has 118 valence electrons. The molecule has 1 aromatic carbocycles. The van der Waals surface area contributed by atoms with Gasteiger partial charge in [0.25, 0.3) is 15.9 Å². The summed E-state index contributed by atoms with van der Waals surface area (Å²) in [6.07, 6.45) is 0.772. The molecular formula is C14H15FN2O3S2. The zero-order valence-corrected chi connectivity index (χ0v) is 13.4. The normalized spacial score (nSPS) is 11.2. The topological polar surface area (TPSA) is 75.3 Å². The fraction of sp³-hybridized carbons (Fsp3) is 0.214. The summed E-state index contributed by atoms with van der Waals surface area (Å²) in [4.78, 5) is 12.0. The van der Waals surface area contributed by atoms with E-state index >= 15 is 0 Å². The highest BCUT2D eigenvalue weighted by Crippen LogP contribution is 2.24. The number of rotatable bonds is 6. The molecule has 0 saturated carbocycles. The number of para-hydroxylation sites is 1. The molecule has 0 aliphatic carbocycles. The van der Waals surface area contributed by atoms with E-state index < -0.39 is 15.2 Å². The Morgan fingerprint density at radius 2 is 1.95 bits per heavy atom. The summed E-state index contributed by atoms with van der Waals surface area (Å²) < 4.78 is 39.6. The highest BCUT2D eigenvalue weighted by molar-refractivity contribution is 7.94. The van der Waals surface area contributed by atoms with E-state index in [1.54, 1.807) is 12.1 Å². The average molecular weight is 342 g/mol. The van der Waals surface area contributed by atoms with Crippen molar-refractivity contribution >= 4 is 33.0 Å². The maximum absolute atomic E-state index is 13.0. The molecule has 22 heavy (non-hydrogen) atoms. The van der Waals surface area contributed by atoms with Crippen LogP contribution in [0.5, 0.6) is 0 Å². The molecule has 0 atom stereocenters. The maximum Gasteiger partial charge on any atom is 0.271 e. The standard InChI is InChI=1S/C14H15FN2O3S2/c1-2-9-16-14(18)10-5-3-4-6-11(10)17-22(19,20)13-8-7-12(15)21-13/h3-8,17H,2,9H2,1H3,(H,16,18). The number of amides is 1. The first kappa shape index (κ1) is 16.4. The minimum Gasteiger partial charge on any atom is -0.352 e. The molecular weight excluding hydrogens is 327 g/mol. The van der Waals surface area contributed by atoms with Crippen molar-refractivity contribution in [3.05, 3.63) is 47.1 Å². The van der Waals surface area contributed by atoms with E-state index in [1.807, 2.05) is 6.92 Å². The SMILES string of the molecule is CCCNC(=O)c1ccccc1NS(=O)(=O)c1ccc(F)s1. The number of carbonyl (C=O) groups excluding carboxylic acids is 1. The fourth-order valence-corrected chi connectivity index (χ4v) is 3.82. The van der Waals surface area contributed by atoms with E-state index in [0.29, 0.717) is 17.9 Å². The Bertz CT molecular complexity index is 772. The van der Waals surface area contributed by atoms with E-state index in [-0.39, 0.29) is 21.4 Å². The van der Waals surface area contributed by atoms with Gasteiger partial charge in [-0.2, -0.15) is 4.39 Å². The van der Waals surface area contributed by atoms with Crippen LogP contribution in [0.4, 0.5) is 10.1 Å². The predicted octanol–water partition coefficient (Wildman–Crippen LogP) is 2.83. The number of carbonyl (C=O) groups is 1. The van der Waals surface area contributed by atoms with Crippen LogP contribution in [0.2, 0.25) is 0 Å². The van der Waals surface area contributed by atoms with E-state index in [4.69, 9.17) is 0 Å². The lowest BCUT2D eigenvalue weighted by Gasteiger charge is -2.11. The molecule has 0 fully saturated rings. The highest BCUT2D eigenvalue weighted by atomic mass is 32.2. The molecule has 2 aromatic rings. The van der Waals surface area contributed by atoms with Crippen molar-refractivity contribution in [3.8, 4) is 0 Å². The molecule has 0 spiro atoms. The Morgan fingerprint density at radius 1 is 1.23 bits per heavy atom. The molecule has 1 aromatic heterocycles. The summed E-state index contributed by atoms with van der Waals surface area (Å²) in [5.74, 6) is -0.363. The van der Waals surface area contributed by atoms with E-state index in [1.165, 1.54) is 18.2 Å². The number of nitrogens with one attached hydrogen (secondary N) is 2. The molecule has 5 nitrogen and oxygen atoms in total. The second-order valence-corrected chi connectivity index (χ2v) is 7.41. The van der Waals surface area contributed by atoms with Crippen molar-refractivity contribution in [3.63, 3.8) is 0 Å². The molecule has 0 aliphatic heterocycles. The Labute approximate surface area is 132 Å². The van der Waals surface area contributed by atoms with Gasteiger partial charge in [0.1, 0.15) is 4.21 Å². The van der Waals surface area contributed by atoms with Crippen LogP contribution in [0, 0.1) is 5.13 Å². The van der Waals surface area contributed by atoms with Crippen molar-refractivity contribution in [1.82, 2.24) is 5.32 Å². The van der Waals surface area contributed by atoms with E-state index in [2.05, 4.69) is 10.0 Å². The molecule has 0 unspecified atom stereocenters. The van der Waals surface area contributed by atoms with Crippen LogP contribution in [0.25, 0.3) is 0 Å². The molecule has 0 aliphatic rings. The van der Waals surface area contributed by atoms with Gasteiger partial charge in [0.2, 0.25) is 0 Å². The van der Waals surface area contributed by atoms with Gasteiger partial charge in [-0.3, -0.25) is 9.52 Å². The quantitative estimate of drug-likeness (QED) is 0.847. The number of thiophene rings is 1. The molecule has 8 heteroatoms. The lowest BCUT2D eigenvalue weighted by atomic mass is 10.1. The first-order valence-electron chi connectivity index (χ1n) is 6.59. The Morgan fingerprint density at radius 3 is 2.59 bits per heavy atom. The van der Waals surface area contributed by atoms with E-state index in [0.717, 1.165) is 12.5 Å². The van der Waals surface area contributed by atoms with Crippen molar-refractivity contribution in [2.24, 2.45) is 0 Å². The molecule has 0 radical (unpaired) electrons. The number of benzene rings is 1. The molecule has 2 N–H and O–H groups in total. The number of halogens is 1. The summed E-state index contributed by atoms with van der Waals surface area (Å²) in [7, 11) is -3.92. The fourth-order valence-electron chi connectivity index (χ4n) is 1.74. The van der Waals surface area contributed by atoms with Crippen LogP contribution in [0.3, 0.4) is 0 Å². The molecule has 1 amide bonds. The first-order chi connectivity index (χ1) is 10.4. The van der Waals surface area contributed by atoms with Gasteiger partial charge in [0.05, 0.1) is 11.3 Å². The number of hydrogen-bond donors (Lipinski definition) is 2. The highest BCUT2D eigenvalue weighted by Gasteiger charge is 2.20. The molecule has 2 rings (SSSR count). The number of sulfonamides is 1. The van der Waals surface area contributed by atoms with Crippen LogP contribution < -0.4 is 10.0 Å². The molecule has 0 saturated heterocycles. The zero-order chi connectivity index (χ0) is 16.2. The number of anilines is 1. The Hall–Kier alpha value is -1.93. The third-order valence-corrected chi connectivity index (χ3v) is 5.50. The van der Waals surface area contributed by atoms with Gasteiger partial charge in [-0.25, -0.2) is 8.42 Å². The average Bonchev–Trinajstić information content (AvgIpc) is 2.92. The van der Waals surface area contributed by atoms with Crippen molar-refractivity contribution < 1.29 is 17.6 Å². The Kier molecular flexibility index (Phi) is 5.15. The lowest BCUT2D eigenvalue weighted by Crippen LogP contribution is -2.25. The second-order valence-electron chi connectivity index (χ2n) is 4.47. The van der Waals surface area contributed by atoms with Gasteiger partial charge in [0.15, 0.2) is 5.13 Å². The van der Waals surface area contributed by atoms with Crippen LogP contribution in [0.1, 0.15) is 23.7 Å². The van der Waals surface area contributed by atoms with Gasteiger partial charge >= 0.3 is 0 Å². The molecule has 0 bridgehead atoms. The summed E-state index contributed by atoms with van der Waals surface area (Å²) in [5.41, 5.74) is 0.376. The summed E-state index contributed by atoms with van der Waals surface area (Å²) in [6.45, 7) is 2.41. The minimum absolute atomic E-state index is 0.145. The van der Waals surface area contributed by atoms with Gasteiger partial charge in [-0.05, 0) is 30.7 Å². The van der Waals surface area contributed by atoms with Crippen LogP contribution in [0.15, 0.2) is 40.6 Å². The second kappa shape index (κ2) is 6.89. The Balaban J connectivity index is 2.28. The summed E-state index contributed by atoms with van der Waals surface area (Å²) in [5, 5.41) is 2.10. The number of hydrogen-bond acceptors (Lipinski definition) is 4. The third-order valence-electron chi connectivity index (χ3n) is 2.76. The first-order valence-corrected chi connectivity index (χ1v) is 8.89. The van der Waals surface area contributed by atoms with E-state index in [9.17, 15) is 17.6 Å². The molecule has 1 heterocycles. The lowest BCUT2D eigenvalue weighted by molar-refractivity contribution is 0.0954. The van der Waals surface area contributed by atoms with Gasteiger partial charge < -0.3 is 5.32 Å². The monoisotopic (exact) mass is 342 g/mol. The van der Waals surface area contributed by atoms with Gasteiger partial charge in [-0.15, -0.1) is 0 Å². The van der Waals surface area contributed by atoms with Crippen molar-refractivity contribution in [2.75, 3.05) is 11.3 Å². The summed E-state index contributed by atoms with van der Waals surface area (Å²) >= 11 is 0.524. The maximum atomic E-state index is 13.0. The smallest absolute Gasteiger partial charge is 0.271 e. The van der Waals surface area contributed by atoms with Crippen LogP contribution >= 0.6 is 11.3 Å². The van der Waals surface area contributed by atoms with Gasteiger partial charge in [-0.1, -0.05) is 30.4 Å². The van der Waals surface area contributed by atoms with Crippen LogP contribution in [-0.2, 0) is 10.0 Å². The van der Waals surface area contributed by atoms with Crippen molar-refractivity contribution in [2.45, 2.75) is 17.6 Å². The summed E-state index contributed by atoms with van der Waals surface area (Å²) in [6, 6.07) is 8.54. The third kappa shape index (κ3) is 3.83. The van der Waals surface area contributed by atoms with Crippen LogP contribution in [-0.4, -0.2) is 20.9 Å². The van der Waals surface area contributed by atoms with Gasteiger partial charge in [0, 0.05) is 6.54 Å². The van der Waals surface area contributed by atoms with Crippen molar-refractivity contribution in [1.29, 1.82) is 0 Å². The zero-order valence-electron chi connectivity index (χ0n) is 11.8. The minimum atomic E-state index is -3.92. The predicted molar refractivity (Wildman–Crippen MR) is 84.2 cm³/mol.